The number of ketones is 1. The van der Waals surface area contributed by atoms with Gasteiger partial charge in [0.1, 0.15) is 5.60 Å². The van der Waals surface area contributed by atoms with Crippen molar-refractivity contribution in [1.29, 1.82) is 0 Å². The summed E-state index contributed by atoms with van der Waals surface area (Å²) < 4.78 is 7.34. The van der Waals surface area contributed by atoms with Gasteiger partial charge in [0.05, 0.1) is 21.1 Å². The predicted molar refractivity (Wildman–Crippen MR) is 167 cm³/mol. The topological polar surface area (TPSA) is 76.1 Å². The minimum absolute atomic E-state index is 0.129. The van der Waals surface area contributed by atoms with Gasteiger partial charge in [-0.1, -0.05) is 53.0 Å². The predicted octanol–water partition coefficient (Wildman–Crippen LogP) is 8.19. The molecule has 0 radical (unpaired) electrons. The van der Waals surface area contributed by atoms with E-state index in [-0.39, 0.29) is 11.7 Å². The van der Waals surface area contributed by atoms with E-state index in [9.17, 15) is 9.59 Å². The van der Waals surface area contributed by atoms with Crippen molar-refractivity contribution in [2.75, 3.05) is 13.1 Å². The first-order valence-electron chi connectivity index (χ1n) is 13.6. The first kappa shape index (κ1) is 29.5. The zero-order chi connectivity index (χ0) is 29.5. The third-order valence-corrected chi connectivity index (χ3v) is 8.06. The fourth-order valence-electron chi connectivity index (χ4n) is 5.56. The smallest absolute Gasteiger partial charge is 0.331 e. The van der Waals surface area contributed by atoms with E-state index in [0.717, 1.165) is 48.1 Å². The van der Waals surface area contributed by atoms with Crippen molar-refractivity contribution in [3.8, 4) is 11.1 Å². The summed E-state index contributed by atoms with van der Waals surface area (Å²) in [7, 11) is 1.89. The Bertz CT molecular complexity index is 1650. The minimum atomic E-state index is -0.589. The van der Waals surface area contributed by atoms with Gasteiger partial charge in [-0.15, -0.1) is 0 Å². The number of rotatable bonds is 6. The van der Waals surface area contributed by atoms with Crippen molar-refractivity contribution in [2.45, 2.75) is 45.1 Å². The number of carbonyl (C=O) groups excluding carboxylic acids is 2. The van der Waals surface area contributed by atoms with Gasteiger partial charge in [-0.2, -0.15) is 0 Å². The highest BCUT2D eigenvalue weighted by atomic mass is 35.5. The molecule has 2 aromatic heterocycles. The van der Waals surface area contributed by atoms with Crippen LogP contribution in [0.15, 0.2) is 48.8 Å². The van der Waals surface area contributed by atoms with Crippen molar-refractivity contribution < 1.29 is 14.3 Å². The van der Waals surface area contributed by atoms with Crippen LogP contribution < -0.4 is 5.32 Å². The number of ether oxygens (including phenoxy) is 1. The lowest BCUT2D eigenvalue weighted by Crippen LogP contribution is -2.27. The van der Waals surface area contributed by atoms with Gasteiger partial charge in [-0.3, -0.25) is 4.79 Å². The highest BCUT2D eigenvalue weighted by Gasteiger charge is 2.30. The average Bonchev–Trinajstić information content (AvgIpc) is 3.48. The molecule has 2 aromatic carbocycles. The minimum Gasteiger partial charge on any atom is -0.457 e. The molecule has 0 bridgehead atoms. The number of hydrogen-bond acceptors (Lipinski definition) is 4. The van der Waals surface area contributed by atoms with Crippen LogP contribution in [0.4, 0.5) is 0 Å². The molecule has 1 aliphatic rings. The number of piperidine rings is 1. The number of aromatic nitrogens is 2. The molecule has 1 fully saturated rings. The molecule has 0 amide bonds. The van der Waals surface area contributed by atoms with E-state index in [4.69, 9.17) is 39.5 Å². The lowest BCUT2D eigenvalue weighted by Gasteiger charge is -2.23. The molecule has 0 aliphatic carbocycles. The number of aryl methyl sites for hydroxylation is 1. The Morgan fingerprint density at radius 1 is 1.07 bits per heavy atom. The van der Waals surface area contributed by atoms with Crippen molar-refractivity contribution >= 4 is 63.5 Å². The lowest BCUT2D eigenvalue weighted by molar-refractivity contribution is -0.148. The zero-order valence-electron chi connectivity index (χ0n) is 23.4. The Balaban J connectivity index is 1.64. The summed E-state index contributed by atoms with van der Waals surface area (Å²) in [5, 5.41) is 5.35. The third kappa shape index (κ3) is 6.12. The monoisotopic (exact) mass is 611 g/mol. The molecule has 6 nitrogen and oxygen atoms in total. The van der Waals surface area contributed by atoms with Crippen LogP contribution >= 0.6 is 34.8 Å². The Labute approximate surface area is 254 Å². The maximum atomic E-state index is 14.6. The molecule has 0 unspecified atom stereocenters. The first-order chi connectivity index (χ1) is 19.4. The number of para-hydroxylation sites is 1. The van der Waals surface area contributed by atoms with Crippen LogP contribution in [0.2, 0.25) is 15.1 Å². The molecule has 0 spiro atoms. The fourth-order valence-corrected chi connectivity index (χ4v) is 6.58. The van der Waals surface area contributed by atoms with E-state index in [1.54, 1.807) is 18.2 Å². The number of fused-ring (bicyclic) bond motifs is 1. The number of carbonyl (C=O) groups is 2. The van der Waals surface area contributed by atoms with Crippen LogP contribution in [-0.4, -0.2) is 40.0 Å². The second kappa shape index (κ2) is 11.7. The maximum Gasteiger partial charge on any atom is 0.331 e. The summed E-state index contributed by atoms with van der Waals surface area (Å²) in [5.74, 6) is -0.382. The Morgan fingerprint density at radius 2 is 1.76 bits per heavy atom. The standard InChI is InChI=1S/C32H32Cl3N3O3/c1-32(2,3)41-26(39)9-8-19-6-5-7-21-23(17-38(4)30(19)21)31(40)28-22(27-24(34)14-20(33)15-25(27)35)16-37-29(28)18-10-12-36-13-11-18/h5-9,14-18,36-37H,10-13H2,1-4H3/b9-8+. The summed E-state index contributed by atoms with van der Waals surface area (Å²) in [6.45, 7) is 7.22. The van der Waals surface area contributed by atoms with E-state index in [1.165, 1.54) is 6.08 Å². The molecule has 1 saturated heterocycles. The van der Waals surface area contributed by atoms with E-state index in [2.05, 4.69) is 10.3 Å². The van der Waals surface area contributed by atoms with Gasteiger partial charge in [-0.25, -0.2) is 4.79 Å². The average molecular weight is 613 g/mol. The number of halogens is 3. The van der Waals surface area contributed by atoms with Crippen LogP contribution in [0.1, 0.15) is 66.7 Å². The number of benzene rings is 2. The molecule has 5 rings (SSSR count). The number of nitrogens with one attached hydrogen (secondary N) is 2. The normalized spacial score (nSPS) is 14.7. The Morgan fingerprint density at radius 3 is 2.41 bits per heavy atom. The quantitative estimate of drug-likeness (QED) is 0.131. The van der Waals surface area contributed by atoms with Crippen LogP contribution in [0.25, 0.3) is 28.1 Å². The lowest BCUT2D eigenvalue weighted by atomic mass is 9.87. The summed E-state index contributed by atoms with van der Waals surface area (Å²) in [5.41, 5.74) is 4.25. The molecule has 0 saturated carbocycles. The van der Waals surface area contributed by atoms with Gasteiger partial charge >= 0.3 is 5.97 Å². The number of aromatic amines is 1. The molecule has 214 valence electrons. The molecule has 41 heavy (non-hydrogen) atoms. The number of H-pyrrole nitrogens is 1. The van der Waals surface area contributed by atoms with Gasteiger partial charge in [0.15, 0.2) is 5.78 Å². The maximum absolute atomic E-state index is 14.6. The van der Waals surface area contributed by atoms with Crippen LogP contribution in [-0.2, 0) is 16.6 Å². The van der Waals surface area contributed by atoms with Crippen molar-refractivity contribution in [3.05, 3.63) is 86.3 Å². The summed E-state index contributed by atoms with van der Waals surface area (Å²) in [4.78, 5) is 30.3. The van der Waals surface area contributed by atoms with Gasteiger partial charge < -0.3 is 19.6 Å². The van der Waals surface area contributed by atoms with E-state index < -0.39 is 11.6 Å². The summed E-state index contributed by atoms with van der Waals surface area (Å²) in [6, 6.07) is 8.99. The van der Waals surface area contributed by atoms with E-state index >= 15 is 0 Å². The molecular formula is C32H32Cl3N3O3. The van der Waals surface area contributed by atoms with Crippen molar-refractivity contribution in [3.63, 3.8) is 0 Å². The second-order valence-electron chi connectivity index (χ2n) is 11.4. The molecule has 4 aromatic rings. The van der Waals surface area contributed by atoms with Crippen LogP contribution in [0.5, 0.6) is 0 Å². The van der Waals surface area contributed by atoms with E-state index in [1.807, 2.05) is 63.0 Å². The first-order valence-corrected chi connectivity index (χ1v) is 14.7. The molecule has 1 aliphatic heterocycles. The van der Waals surface area contributed by atoms with Crippen LogP contribution in [0, 0.1) is 0 Å². The van der Waals surface area contributed by atoms with Gasteiger partial charge in [0.25, 0.3) is 0 Å². The molecule has 3 heterocycles. The third-order valence-electron chi connectivity index (χ3n) is 7.24. The van der Waals surface area contributed by atoms with Crippen molar-refractivity contribution in [2.24, 2.45) is 7.05 Å². The van der Waals surface area contributed by atoms with Gasteiger partial charge in [-0.05, 0) is 70.5 Å². The second-order valence-corrected chi connectivity index (χ2v) is 12.6. The largest absolute Gasteiger partial charge is 0.457 e. The number of nitrogens with zero attached hydrogens (tertiary/aromatic N) is 1. The highest BCUT2D eigenvalue weighted by Crippen LogP contribution is 2.43. The van der Waals surface area contributed by atoms with Gasteiger partial charge in [0.2, 0.25) is 0 Å². The van der Waals surface area contributed by atoms with Crippen molar-refractivity contribution in [1.82, 2.24) is 14.9 Å². The summed E-state index contributed by atoms with van der Waals surface area (Å²) >= 11 is 19.5. The summed E-state index contributed by atoms with van der Waals surface area (Å²) in [6.07, 6.45) is 8.60. The SMILES string of the molecule is Cn1cc(C(=O)c2c(-c3c(Cl)cc(Cl)cc3Cl)c[nH]c2C2CCNCC2)c2cccc(/C=C/C(=O)OC(C)(C)C)c21. The van der Waals surface area contributed by atoms with Gasteiger partial charge in [0, 0.05) is 64.2 Å². The molecule has 9 heteroatoms. The zero-order valence-corrected chi connectivity index (χ0v) is 25.7. The fraction of sp³-hybridized carbons (Fsp3) is 0.312. The molecular weight excluding hydrogens is 581 g/mol. The number of esters is 1. The Hall–Kier alpha value is -3.03. The number of hydrogen-bond donors (Lipinski definition) is 2. The van der Waals surface area contributed by atoms with Crippen LogP contribution in [0.3, 0.4) is 0 Å². The van der Waals surface area contributed by atoms with E-state index in [0.29, 0.717) is 37.3 Å². The molecule has 2 N–H and O–H groups in total. The molecule has 0 atom stereocenters. The Kier molecular flexibility index (Phi) is 8.40. The highest BCUT2D eigenvalue weighted by molar-refractivity contribution is 6.42.